The molecule has 0 fully saturated rings. The topological polar surface area (TPSA) is 75.7 Å². The number of rotatable bonds is 2. The number of esters is 1. The van der Waals surface area contributed by atoms with Gasteiger partial charge in [0.1, 0.15) is 12.7 Å². The minimum Gasteiger partial charge on any atom is -0.469 e. The molecule has 0 spiro atoms. The third-order valence-corrected chi connectivity index (χ3v) is 2.03. The molecule has 1 unspecified atom stereocenters. The fraction of sp³-hybridized carbons (Fsp3) is 0.375. The number of hydrogen-bond acceptors (Lipinski definition) is 6. The van der Waals surface area contributed by atoms with Crippen molar-refractivity contribution in [1.29, 1.82) is 0 Å². The van der Waals surface area contributed by atoms with Crippen LogP contribution >= 0.6 is 0 Å². The molecule has 0 saturated heterocycles. The van der Waals surface area contributed by atoms with Gasteiger partial charge in [0.05, 0.1) is 13.5 Å². The summed E-state index contributed by atoms with van der Waals surface area (Å²) in [6.07, 6.45) is 4.40. The number of nitrogens with zero attached hydrogens (tertiary/aromatic N) is 4. The Labute approximate surface area is 80.1 Å². The zero-order valence-electron chi connectivity index (χ0n) is 7.54. The minimum absolute atomic E-state index is 0.0830. The molecule has 2 heterocycles. The van der Waals surface area contributed by atoms with Crippen LogP contribution in [-0.4, -0.2) is 43.3 Å². The highest BCUT2D eigenvalue weighted by Gasteiger charge is 2.40. The standard InChI is InChI=1S/C8H8N4O2/c1-14-6(13)2-8-3-9-4-10-7(8)11-5-12-8/h3-5H,2H2,1H3. The van der Waals surface area contributed by atoms with Gasteiger partial charge in [-0.05, 0) is 0 Å². The third kappa shape index (κ3) is 1.24. The molecule has 0 bridgehead atoms. The van der Waals surface area contributed by atoms with Crippen LogP contribution in [0, 0.1) is 0 Å². The summed E-state index contributed by atoms with van der Waals surface area (Å²) < 4.78 is 4.57. The molecule has 2 aliphatic heterocycles. The highest BCUT2D eigenvalue weighted by atomic mass is 16.5. The maximum atomic E-state index is 11.2. The lowest BCUT2D eigenvalue weighted by Gasteiger charge is -2.20. The predicted molar refractivity (Wildman–Crippen MR) is 52.3 cm³/mol. The Hall–Kier alpha value is -1.85. The normalized spacial score (nSPS) is 27.4. The van der Waals surface area contributed by atoms with E-state index in [4.69, 9.17) is 0 Å². The highest BCUT2D eigenvalue weighted by molar-refractivity contribution is 6.19. The number of carbonyl (C=O) groups excluding carboxylic acids is 1. The largest absolute Gasteiger partial charge is 0.469 e. The van der Waals surface area contributed by atoms with Crippen molar-refractivity contribution in [2.45, 2.75) is 12.0 Å². The summed E-state index contributed by atoms with van der Waals surface area (Å²) in [4.78, 5) is 27.0. The lowest BCUT2D eigenvalue weighted by Crippen LogP contribution is -2.39. The van der Waals surface area contributed by atoms with Crippen molar-refractivity contribution in [3.63, 3.8) is 0 Å². The first-order valence-electron chi connectivity index (χ1n) is 4.02. The molecule has 0 amide bonds. The van der Waals surface area contributed by atoms with Gasteiger partial charge in [-0.1, -0.05) is 0 Å². The number of amidine groups is 1. The first kappa shape index (κ1) is 8.74. The fourth-order valence-electron chi connectivity index (χ4n) is 1.30. The minimum atomic E-state index is -0.832. The number of fused-ring (bicyclic) bond motifs is 1. The first-order valence-corrected chi connectivity index (χ1v) is 4.02. The van der Waals surface area contributed by atoms with Crippen LogP contribution in [0.2, 0.25) is 0 Å². The monoisotopic (exact) mass is 192 g/mol. The van der Waals surface area contributed by atoms with Crippen molar-refractivity contribution >= 4 is 30.7 Å². The summed E-state index contributed by atoms with van der Waals surface area (Å²) in [5.41, 5.74) is -0.832. The molecule has 6 nitrogen and oxygen atoms in total. The molecule has 6 heteroatoms. The van der Waals surface area contributed by atoms with Crippen molar-refractivity contribution in [2.75, 3.05) is 7.11 Å². The van der Waals surface area contributed by atoms with E-state index in [1.54, 1.807) is 6.21 Å². The van der Waals surface area contributed by atoms with Gasteiger partial charge >= 0.3 is 5.97 Å². The number of methoxy groups -OCH3 is 1. The molecule has 0 radical (unpaired) electrons. The van der Waals surface area contributed by atoms with E-state index >= 15 is 0 Å². The van der Waals surface area contributed by atoms with Crippen LogP contribution in [0.5, 0.6) is 0 Å². The van der Waals surface area contributed by atoms with Crippen molar-refractivity contribution in [3.05, 3.63) is 0 Å². The molecule has 2 rings (SSSR count). The molecule has 0 aliphatic carbocycles. The molecule has 0 aromatic heterocycles. The van der Waals surface area contributed by atoms with E-state index in [0.717, 1.165) is 0 Å². The van der Waals surface area contributed by atoms with Crippen molar-refractivity contribution < 1.29 is 9.53 Å². The van der Waals surface area contributed by atoms with Gasteiger partial charge in [0.2, 0.25) is 0 Å². The Kier molecular flexibility index (Phi) is 1.95. The summed E-state index contributed by atoms with van der Waals surface area (Å²) in [6.45, 7) is 0. The lowest BCUT2D eigenvalue weighted by molar-refractivity contribution is -0.140. The van der Waals surface area contributed by atoms with Gasteiger partial charge in [0.25, 0.3) is 0 Å². The van der Waals surface area contributed by atoms with Crippen LogP contribution in [0.15, 0.2) is 20.0 Å². The van der Waals surface area contributed by atoms with E-state index in [1.807, 2.05) is 0 Å². The van der Waals surface area contributed by atoms with Gasteiger partial charge in [-0.25, -0.2) is 15.0 Å². The Morgan fingerprint density at radius 2 is 2.43 bits per heavy atom. The van der Waals surface area contributed by atoms with Gasteiger partial charge in [-0.3, -0.25) is 9.79 Å². The van der Waals surface area contributed by atoms with E-state index in [9.17, 15) is 4.79 Å². The summed E-state index contributed by atoms with van der Waals surface area (Å²) in [5, 5.41) is 0. The zero-order valence-corrected chi connectivity index (χ0v) is 7.54. The summed E-state index contributed by atoms with van der Waals surface area (Å²) in [7, 11) is 1.33. The molecule has 0 aromatic rings. The van der Waals surface area contributed by atoms with E-state index < -0.39 is 5.54 Å². The second-order valence-electron chi connectivity index (χ2n) is 2.90. The number of hydrogen-bond donors (Lipinski definition) is 0. The second kappa shape index (κ2) is 3.13. The quantitative estimate of drug-likeness (QED) is 0.570. The van der Waals surface area contributed by atoms with Crippen molar-refractivity contribution in [2.24, 2.45) is 20.0 Å². The predicted octanol–water partition coefficient (Wildman–Crippen LogP) is -0.159. The molecular formula is C8H8N4O2. The summed E-state index contributed by atoms with van der Waals surface area (Å²) >= 11 is 0. The van der Waals surface area contributed by atoms with Crippen LogP contribution in [0.3, 0.4) is 0 Å². The number of aliphatic imine (C=N–C) groups is 4. The van der Waals surface area contributed by atoms with Gasteiger partial charge in [-0.15, -0.1) is 0 Å². The average molecular weight is 192 g/mol. The van der Waals surface area contributed by atoms with Gasteiger partial charge in [0.15, 0.2) is 11.4 Å². The number of carbonyl (C=O) groups is 1. The second-order valence-corrected chi connectivity index (χ2v) is 2.90. The molecule has 72 valence electrons. The molecular weight excluding hydrogens is 184 g/mol. The highest BCUT2D eigenvalue weighted by Crippen LogP contribution is 2.23. The summed E-state index contributed by atoms with van der Waals surface area (Å²) in [6, 6.07) is 0. The maximum absolute atomic E-state index is 11.2. The Morgan fingerprint density at radius 3 is 3.21 bits per heavy atom. The fourth-order valence-corrected chi connectivity index (χ4v) is 1.30. The zero-order chi connectivity index (χ0) is 10.0. The molecule has 2 aliphatic rings. The van der Waals surface area contributed by atoms with E-state index in [-0.39, 0.29) is 12.4 Å². The van der Waals surface area contributed by atoms with Gasteiger partial charge in [0, 0.05) is 6.21 Å². The molecule has 14 heavy (non-hydrogen) atoms. The summed E-state index contributed by atoms with van der Waals surface area (Å²) in [5.74, 6) is 0.123. The smallest absolute Gasteiger partial charge is 0.308 e. The van der Waals surface area contributed by atoms with E-state index in [1.165, 1.54) is 19.8 Å². The maximum Gasteiger partial charge on any atom is 0.308 e. The van der Waals surface area contributed by atoms with Gasteiger partial charge in [-0.2, -0.15) is 0 Å². The van der Waals surface area contributed by atoms with E-state index in [0.29, 0.717) is 5.84 Å². The molecule has 0 saturated carbocycles. The SMILES string of the molecule is COC(=O)CC12C=NC=NC1=NC=N2. The van der Waals surface area contributed by atoms with Crippen LogP contribution in [0.4, 0.5) is 0 Å². The Balaban J connectivity index is 2.26. The molecule has 0 N–H and O–H groups in total. The molecule has 0 aromatic carbocycles. The van der Waals surface area contributed by atoms with E-state index in [2.05, 4.69) is 24.7 Å². The van der Waals surface area contributed by atoms with Crippen molar-refractivity contribution in [3.8, 4) is 0 Å². The Bertz CT molecular complexity index is 383. The first-order chi connectivity index (χ1) is 6.77. The van der Waals surface area contributed by atoms with Crippen molar-refractivity contribution in [1.82, 2.24) is 0 Å². The van der Waals surface area contributed by atoms with Crippen LogP contribution in [0.1, 0.15) is 6.42 Å². The lowest BCUT2D eigenvalue weighted by atomic mass is 9.96. The molecule has 1 atom stereocenters. The average Bonchev–Trinajstić information content (AvgIpc) is 2.60. The number of ether oxygens (including phenoxy) is 1. The van der Waals surface area contributed by atoms with Crippen LogP contribution in [0.25, 0.3) is 0 Å². The van der Waals surface area contributed by atoms with Crippen LogP contribution < -0.4 is 0 Å². The third-order valence-electron chi connectivity index (χ3n) is 2.03. The Morgan fingerprint density at radius 1 is 1.57 bits per heavy atom. The van der Waals surface area contributed by atoms with Crippen LogP contribution in [-0.2, 0) is 9.53 Å². The van der Waals surface area contributed by atoms with Gasteiger partial charge < -0.3 is 4.74 Å².